The third-order valence-corrected chi connectivity index (χ3v) is 0.879. The molecule has 0 unspecified atom stereocenters. The second-order valence-electron chi connectivity index (χ2n) is 1.75. The van der Waals surface area contributed by atoms with E-state index in [9.17, 15) is 4.79 Å². The highest BCUT2D eigenvalue weighted by molar-refractivity contribution is 5.81. The standard InChI is InChI=1S/C5H8O2.C4H4O/c1-3-5(6)7-4-2;1-2-4-5-3-1/h3H,1,4H2,2H3;1-4H. The van der Waals surface area contributed by atoms with Crippen LogP contribution < -0.4 is 0 Å². The summed E-state index contributed by atoms with van der Waals surface area (Å²) in [6.07, 6.45) is 4.39. The summed E-state index contributed by atoms with van der Waals surface area (Å²) >= 11 is 0. The quantitative estimate of drug-likeness (QED) is 0.501. The first-order valence-electron chi connectivity index (χ1n) is 3.57. The van der Waals surface area contributed by atoms with Gasteiger partial charge in [0.2, 0.25) is 0 Å². The van der Waals surface area contributed by atoms with Crippen LogP contribution in [0.1, 0.15) is 6.92 Å². The van der Waals surface area contributed by atoms with Gasteiger partial charge in [-0.2, -0.15) is 0 Å². The molecule has 0 aliphatic heterocycles. The van der Waals surface area contributed by atoms with E-state index < -0.39 is 0 Å². The Morgan fingerprint density at radius 1 is 1.58 bits per heavy atom. The summed E-state index contributed by atoms with van der Waals surface area (Å²) in [6.45, 7) is 5.38. The summed E-state index contributed by atoms with van der Waals surface area (Å²) in [5.74, 6) is -0.359. The van der Waals surface area contributed by atoms with Crippen molar-refractivity contribution in [3.63, 3.8) is 0 Å². The summed E-state index contributed by atoms with van der Waals surface area (Å²) < 4.78 is 9.02. The molecule has 0 aromatic carbocycles. The molecule has 1 rings (SSSR count). The summed E-state index contributed by atoms with van der Waals surface area (Å²) in [4.78, 5) is 10.1. The first kappa shape index (κ1) is 10.5. The number of carbonyl (C=O) groups excluding carboxylic acids is 1. The summed E-state index contributed by atoms with van der Waals surface area (Å²) in [5.41, 5.74) is 0. The summed E-state index contributed by atoms with van der Waals surface area (Å²) in [7, 11) is 0. The lowest BCUT2D eigenvalue weighted by Gasteiger charge is -1.90. The Morgan fingerprint density at radius 3 is 2.33 bits per heavy atom. The molecule has 0 saturated carbocycles. The predicted molar refractivity (Wildman–Crippen MR) is 45.5 cm³/mol. The molecule has 0 saturated heterocycles. The minimum atomic E-state index is -0.359. The van der Waals surface area contributed by atoms with Crippen molar-refractivity contribution in [2.45, 2.75) is 6.92 Å². The zero-order valence-corrected chi connectivity index (χ0v) is 7.03. The van der Waals surface area contributed by atoms with E-state index in [2.05, 4.69) is 15.7 Å². The molecule has 0 bridgehead atoms. The molecule has 1 heterocycles. The fourth-order valence-corrected chi connectivity index (χ4v) is 0.428. The van der Waals surface area contributed by atoms with Crippen LogP contribution in [0.15, 0.2) is 41.7 Å². The van der Waals surface area contributed by atoms with Gasteiger partial charge < -0.3 is 9.15 Å². The monoisotopic (exact) mass is 168 g/mol. The molecule has 0 radical (unpaired) electrons. The third-order valence-electron chi connectivity index (χ3n) is 0.879. The molecule has 0 amide bonds. The first-order chi connectivity index (χ1) is 5.81. The number of hydrogen-bond acceptors (Lipinski definition) is 3. The van der Waals surface area contributed by atoms with Gasteiger partial charge in [0.25, 0.3) is 0 Å². The SMILES string of the molecule is C=CC(=O)OCC.c1ccoc1. The predicted octanol–water partition coefficient (Wildman–Crippen LogP) is 2.02. The highest BCUT2D eigenvalue weighted by Gasteiger charge is 1.86. The summed E-state index contributed by atoms with van der Waals surface area (Å²) in [6, 6.07) is 3.67. The van der Waals surface area contributed by atoms with Crippen molar-refractivity contribution >= 4 is 5.97 Å². The maximum Gasteiger partial charge on any atom is 0.330 e. The normalized spacial score (nSPS) is 7.75. The molecular weight excluding hydrogens is 156 g/mol. The molecule has 3 heteroatoms. The minimum absolute atomic E-state index is 0.359. The first-order valence-corrected chi connectivity index (χ1v) is 3.57. The number of ether oxygens (including phenoxy) is 1. The van der Waals surface area contributed by atoms with E-state index in [0.717, 1.165) is 6.08 Å². The molecule has 3 nitrogen and oxygen atoms in total. The molecule has 1 aromatic rings. The lowest BCUT2D eigenvalue weighted by atomic mass is 10.6. The van der Waals surface area contributed by atoms with Gasteiger partial charge in [-0.25, -0.2) is 4.79 Å². The Kier molecular flexibility index (Phi) is 6.64. The fourth-order valence-electron chi connectivity index (χ4n) is 0.428. The van der Waals surface area contributed by atoms with Gasteiger partial charge in [-0.1, -0.05) is 6.58 Å². The van der Waals surface area contributed by atoms with Gasteiger partial charge in [0.15, 0.2) is 0 Å². The smallest absolute Gasteiger partial charge is 0.330 e. The number of rotatable bonds is 2. The maximum atomic E-state index is 10.1. The van der Waals surface area contributed by atoms with Crippen LogP contribution in [0.5, 0.6) is 0 Å². The van der Waals surface area contributed by atoms with Crippen molar-refractivity contribution in [1.29, 1.82) is 0 Å². The van der Waals surface area contributed by atoms with Crippen molar-refractivity contribution in [2.75, 3.05) is 6.61 Å². The van der Waals surface area contributed by atoms with Crippen molar-refractivity contribution in [1.82, 2.24) is 0 Å². The molecule has 0 fully saturated rings. The Labute approximate surface area is 71.6 Å². The average molecular weight is 168 g/mol. The lowest BCUT2D eigenvalue weighted by molar-refractivity contribution is -0.137. The number of furan rings is 1. The minimum Gasteiger partial charge on any atom is -0.473 e. The van der Waals surface area contributed by atoms with Crippen molar-refractivity contribution in [2.24, 2.45) is 0 Å². The van der Waals surface area contributed by atoms with Crippen LogP contribution in [0, 0.1) is 0 Å². The Bertz CT molecular complexity index is 184. The van der Waals surface area contributed by atoms with Gasteiger partial charge in [0, 0.05) is 6.08 Å². The van der Waals surface area contributed by atoms with Crippen LogP contribution in [0.2, 0.25) is 0 Å². The van der Waals surface area contributed by atoms with Gasteiger partial charge in [-0.15, -0.1) is 0 Å². The van der Waals surface area contributed by atoms with E-state index >= 15 is 0 Å². The molecule has 1 aromatic heterocycles. The zero-order valence-electron chi connectivity index (χ0n) is 7.03. The summed E-state index contributed by atoms with van der Waals surface area (Å²) in [5, 5.41) is 0. The largest absolute Gasteiger partial charge is 0.473 e. The van der Waals surface area contributed by atoms with E-state index in [-0.39, 0.29) is 5.97 Å². The van der Waals surface area contributed by atoms with Crippen LogP contribution in [0.4, 0.5) is 0 Å². The van der Waals surface area contributed by atoms with E-state index in [1.165, 1.54) is 0 Å². The van der Waals surface area contributed by atoms with E-state index in [1.54, 1.807) is 19.5 Å². The van der Waals surface area contributed by atoms with Crippen LogP contribution >= 0.6 is 0 Å². The van der Waals surface area contributed by atoms with Crippen LogP contribution in [0.25, 0.3) is 0 Å². The molecule has 12 heavy (non-hydrogen) atoms. The average Bonchev–Trinajstić information content (AvgIpc) is 2.62. The van der Waals surface area contributed by atoms with Gasteiger partial charge in [0.05, 0.1) is 19.1 Å². The van der Waals surface area contributed by atoms with Gasteiger partial charge in [0.1, 0.15) is 0 Å². The molecule has 0 spiro atoms. The van der Waals surface area contributed by atoms with E-state index in [1.807, 2.05) is 12.1 Å². The van der Waals surface area contributed by atoms with Crippen molar-refractivity contribution < 1.29 is 13.9 Å². The Balaban J connectivity index is 0.000000211. The molecule has 66 valence electrons. The number of hydrogen-bond donors (Lipinski definition) is 0. The van der Waals surface area contributed by atoms with Crippen molar-refractivity contribution in [3.8, 4) is 0 Å². The third kappa shape index (κ3) is 6.61. The molecule has 0 atom stereocenters. The van der Waals surface area contributed by atoms with Crippen LogP contribution in [-0.2, 0) is 9.53 Å². The van der Waals surface area contributed by atoms with Gasteiger partial charge in [-0.3, -0.25) is 0 Å². The van der Waals surface area contributed by atoms with E-state index in [0.29, 0.717) is 6.61 Å². The maximum absolute atomic E-state index is 10.1. The van der Waals surface area contributed by atoms with Crippen LogP contribution in [0.3, 0.4) is 0 Å². The topological polar surface area (TPSA) is 39.4 Å². The second kappa shape index (κ2) is 7.60. The molecule has 0 N–H and O–H groups in total. The Morgan fingerprint density at radius 2 is 2.17 bits per heavy atom. The highest BCUT2D eigenvalue weighted by Crippen LogP contribution is 1.79. The second-order valence-corrected chi connectivity index (χ2v) is 1.75. The number of carbonyl (C=O) groups is 1. The van der Waals surface area contributed by atoms with E-state index in [4.69, 9.17) is 0 Å². The fraction of sp³-hybridized carbons (Fsp3) is 0.222. The Hall–Kier alpha value is -1.51. The van der Waals surface area contributed by atoms with Gasteiger partial charge >= 0.3 is 5.97 Å². The van der Waals surface area contributed by atoms with Crippen LogP contribution in [-0.4, -0.2) is 12.6 Å². The molecular formula is C9H12O3. The highest BCUT2D eigenvalue weighted by atomic mass is 16.5. The van der Waals surface area contributed by atoms with Gasteiger partial charge in [-0.05, 0) is 19.1 Å². The molecule has 0 aliphatic carbocycles. The number of esters is 1. The van der Waals surface area contributed by atoms with Crippen molar-refractivity contribution in [3.05, 3.63) is 37.3 Å². The molecule has 0 aliphatic rings. The zero-order chi connectivity index (χ0) is 9.23. The lowest BCUT2D eigenvalue weighted by Crippen LogP contribution is -1.97.